The number of amides is 2. The molecule has 1 saturated heterocycles. The first kappa shape index (κ1) is 24.7. The highest BCUT2D eigenvalue weighted by molar-refractivity contribution is 6.09. The number of hydrogen-bond donors (Lipinski definition) is 1. The molecule has 0 aliphatic carbocycles. The van der Waals surface area contributed by atoms with E-state index in [1.807, 2.05) is 23.1 Å². The second-order valence-corrected chi connectivity index (χ2v) is 9.81. The van der Waals surface area contributed by atoms with Gasteiger partial charge in [-0.15, -0.1) is 0 Å². The van der Waals surface area contributed by atoms with Crippen molar-refractivity contribution < 1.29 is 18.7 Å². The van der Waals surface area contributed by atoms with E-state index < -0.39 is 5.76 Å². The fraction of sp³-hybridized carbons (Fsp3) is 0.321. The molecule has 2 aromatic carbocycles. The van der Waals surface area contributed by atoms with Gasteiger partial charge >= 0.3 is 11.8 Å². The number of methoxy groups -OCH3 is 1. The number of oxazole rings is 1. The normalized spacial score (nSPS) is 16.1. The van der Waals surface area contributed by atoms with E-state index in [-0.39, 0.29) is 23.6 Å². The summed E-state index contributed by atoms with van der Waals surface area (Å²) in [5.41, 5.74) is 3.50. The number of aryl methyl sites for hydroxylation is 1. The summed E-state index contributed by atoms with van der Waals surface area (Å²) < 4.78 is 12.0. The number of nitrogens with one attached hydrogen (secondary N) is 1. The molecule has 39 heavy (non-hydrogen) atoms. The van der Waals surface area contributed by atoms with Crippen LogP contribution in [-0.2, 0) is 13.5 Å². The summed E-state index contributed by atoms with van der Waals surface area (Å²) in [6.07, 6.45) is 3.71. The molecule has 1 fully saturated rings. The van der Waals surface area contributed by atoms with E-state index in [0.29, 0.717) is 42.1 Å². The van der Waals surface area contributed by atoms with Gasteiger partial charge in [-0.1, -0.05) is 0 Å². The van der Waals surface area contributed by atoms with Crippen LogP contribution in [0.4, 0.5) is 16.3 Å². The average molecular weight is 529 g/mol. The van der Waals surface area contributed by atoms with Crippen molar-refractivity contribution in [1.82, 2.24) is 19.4 Å². The Kier molecular flexibility index (Phi) is 6.26. The van der Waals surface area contributed by atoms with Crippen molar-refractivity contribution in [2.45, 2.75) is 25.3 Å². The number of hydrogen-bond acceptors (Lipinski definition) is 8. The van der Waals surface area contributed by atoms with Crippen LogP contribution in [0.15, 0.2) is 58.0 Å². The Morgan fingerprint density at radius 1 is 1.05 bits per heavy atom. The zero-order chi connectivity index (χ0) is 27.1. The first-order chi connectivity index (χ1) is 18.9. The molecule has 0 atom stereocenters. The second-order valence-electron chi connectivity index (χ2n) is 9.81. The number of nitrogens with zero attached hydrogens (tertiary/aromatic N) is 5. The van der Waals surface area contributed by atoms with Gasteiger partial charge in [0.1, 0.15) is 23.6 Å². The Labute approximate surface area is 224 Å². The van der Waals surface area contributed by atoms with Gasteiger partial charge in [-0.05, 0) is 61.2 Å². The van der Waals surface area contributed by atoms with Crippen LogP contribution in [0.3, 0.4) is 0 Å². The smallest absolute Gasteiger partial charge is 0.419 e. The zero-order valence-corrected chi connectivity index (χ0v) is 21.7. The molecule has 11 heteroatoms. The van der Waals surface area contributed by atoms with Crippen molar-refractivity contribution >= 4 is 34.4 Å². The molecule has 2 aromatic heterocycles. The van der Waals surface area contributed by atoms with E-state index in [1.165, 1.54) is 10.9 Å². The molecule has 1 N–H and O–H groups in total. The summed E-state index contributed by atoms with van der Waals surface area (Å²) in [6.45, 7) is 2.02. The number of aromatic nitrogens is 3. The number of benzene rings is 2. The van der Waals surface area contributed by atoms with Crippen molar-refractivity contribution in [3.63, 3.8) is 0 Å². The number of urea groups is 1. The lowest BCUT2D eigenvalue weighted by atomic mass is 10.0. The third kappa shape index (κ3) is 4.60. The largest absolute Gasteiger partial charge is 0.497 e. The topological polar surface area (TPSA) is 123 Å². The lowest BCUT2D eigenvalue weighted by molar-refractivity contribution is 0.103. The van der Waals surface area contributed by atoms with Crippen molar-refractivity contribution in [2.75, 3.05) is 37.0 Å². The van der Waals surface area contributed by atoms with Crippen LogP contribution in [0, 0.1) is 0 Å². The number of fused-ring (bicyclic) bond motifs is 2. The standard InChI is InChI=1S/C28H28N6O5/c1-32-23-6-3-18(14-24(23)39-28(32)37)26(35)22-15-25(30-16-29-22)33-10-8-19(9-11-33)34-12-7-17-13-20(38-2)4-5-21(17)31-27(34)36/h3-6,13-16,19H,7-12H2,1-2H3,(H,31,36). The first-order valence-electron chi connectivity index (χ1n) is 12.9. The number of ketones is 1. The molecule has 2 amide bonds. The number of rotatable bonds is 5. The van der Waals surface area contributed by atoms with Gasteiger partial charge in [0, 0.05) is 50.0 Å². The number of piperidine rings is 1. The summed E-state index contributed by atoms with van der Waals surface area (Å²) in [5.74, 6) is 0.683. The number of carbonyl (C=O) groups excluding carboxylic acids is 2. The quantitative estimate of drug-likeness (QED) is 0.392. The minimum atomic E-state index is -0.482. The number of anilines is 2. The van der Waals surface area contributed by atoms with Crippen LogP contribution in [-0.4, -0.2) is 64.0 Å². The van der Waals surface area contributed by atoms with E-state index >= 15 is 0 Å². The molecule has 0 bridgehead atoms. The lowest BCUT2D eigenvalue weighted by Crippen LogP contribution is -2.49. The number of ether oxygens (including phenoxy) is 1. The third-order valence-corrected chi connectivity index (χ3v) is 7.61. The lowest BCUT2D eigenvalue weighted by Gasteiger charge is -2.38. The number of carbonyl (C=O) groups is 2. The molecule has 6 rings (SSSR count). The minimum Gasteiger partial charge on any atom is -0.497 e. The van der Waals surface area contributed by atoms with Gasteiger partial charge in [0.25, 0.3) is 0 Å². The second kappa shape index (κ2) is 9.90. The molecular formula is C28H28N6O5. The van der Waals surface area contributed by atoms with Gasteiger partial charge in [-0.3, -0.25) is 9.36 Å². The average Bonchev–Trinajstić information content (AvgIpc) is 3.14. The maximum Gasteiger partial charge on any atom is 0.419 e. The highest BCUT2D eigenvalue weighted by Gasteiger charge is 2.31. The van der Waals surface area contributed by atoms with Gasteiger partial charge < -0.3 is 24.3 Å². The minimum absolute atomic E-state index is 0.0847. The highest BCUT2D eigenvalue weighted by Crippen LogP contribution is 2.28. The van der Waals surface area contributed by atoms with E-state index in [0.717, 1.165) is 36.3 Å². The third-order valence-electron chi connectivity index (χ3n) is 7.61. The fourth-order valence-electron chi connectivity index (χ4n) is 5.38. The van der Waals surface area contributed by atoms with Crippen LogP contribution in [0.5, 0.6) is 5.75 Å². The van der Waals surface area contributed by atoms with Gasteiger partial charge in [0.2, 0.25) is 5.78 Å². The van der Waals surface area contributed by atoms with E-state index in [1.54, 1.807) is 38.4 Å². The molecule has 2 aliphatic heterocycles. The summed E-state index contributed by atoms with van der Waals surface area (Å²) in [5, 5.41) is 3.05. The predicted octanol–water partition coefficient (Wildman–Crippen LogP) is 3.22. The Bertz CT molecular complexity index is 1640. The molecule has 0 radical (unpaired) electrons. The molecule has 11 nitrogen and oxygen atoms in total. The van der Waals surface area contributed by atoms with E-state index in [4.69, 9.17) is 9.15 Å². The van der Waals surface area contributed by atoms with Crippen molar-refractivity contribution in [3.8, 4) is 5.75 Å². The molecule has 0 spiro atoms. The van der Waals surface area contributed by atoms with Crippen LogP contribution in [0.2, 0.25) is 0 Å². The van der Waals surface area contributed by atoms with Crippen molar-refractivity contribution in [1.29, 1.82) is 0 Å². The molecule has 0 saturated carbocycles. The van der Waals surface area contributed by atoms with Crippen LogP contribution < -0.4 is 20.7 Å². The Balaban J connectivity index is 1.13. The monoisotopic (exact) mass is 528 g/mol. The van der Waals surface area contributed by atoms with E-state index in [2.05, 4.69) is 20.2 Å². The summed E-state index contributed by atoms with van der Waals surface area (Å²) in [6, 6.07) is 12.3. The first-order valence-corrected chi connectivity index (χ1v) is 12.9. The van der Waals surface area contributed by atoms with Crippen LogP contribution in [0.1, 0.15) is 34.5 Å². The molecule has 0 unspecified atom stereocenters. The SMILES string of the molecule is COc1ccc2c(c1)CCN(C1CCN(c3cc(C(=O)c4ccc5c(c4)oc(=O)n5C)ncn3)CC1)C(=O)N2. The van der Waals surface area contributed by atoms with Gasteiger partial charge in [-0.2, -0.15) is 0 Å². The highest BCUT2D eigenvalue weighted by atomic mass is 16.5. The molecule has 4 heterocycles. The summed E-state index contributed by atoms with van der Waals surface area (Å²) in [4.78, 5) is 50.7. The van der Waals surface area contributed by atoms with Crippen molar-refractivity contribution in [3.05, 3.63) is 76.2 Å². The summed E-state index contributed by atoms with van der Waals surface area (Å²) in [7, 11) is 3.25. The van der Waals surface area contributed by atoms with Gasteiger partial charge in [-0.25, -0.2) is 19.6 Å². The van der Waals surface area contributed by atoms with Gasteiger partial charge in [0.05, 0.1) is 12.6 Å². The van der Waals surface area contributed by atoms with E-state index in [9.17, 15) is 14.4 Å². The zero-order valence-electron chi connectivity index (χ0n) is 21.7. The molecule has 4 aromatic rings. The summed E-state index contributed by atoms with van der Waals surface area (Å²) >= 11 is 0. The molecule has 2 aliphatic rings. The Hall–Kier alpha value is -4.67. The van der Waals surface area contributed by atoms with Crippen LogP contribution in [0.25, 0.3) is 11.1 Å². The maximum atomic E-state index is 13.2. The maximum absolute atomic E-state index is 13.2. The molecular weight excluding hydrogens is 500 g/mol. The fourth-order valence-corrected chi connectivity index (χ4v) is 5.38. The van der Waals surface area contributed by atoms with Crippen molar-refractivity contribution in [2.24, 2.45) is 7.05 Å². The Morgan fingerprint density at radius 2 is 1.87 bits per heavy atom. The Morgan fingerprint density at radius 3 is 2.67 bits per heavy atom. The predicted molar refractivity (Wildman–Crippen MR) is 145 cm³/mol. The van der Waals surface area contributed by atoms with Crippen LogP contribution >= 0.6 is 0 Å². The van der Waals surface area contributed by atoms with Gasteiger partial charge in [0.15, 0.2) is 5.58 Å². The molecule has 200 valence electrons.